The van der Waals surface area contributed by atoms with Crippen molar-refractivity contribution < 1.29 is 14.7 Å². The van der Waals surface area contributed by atoms with Crippen LogP contribution in [0.4, 0.5) is 4.79 Å². The van der Waals surface area contributed by atoms with Gasteiger partial charge < -0.3 is 15.3 Å². The molecule has 5 heteroatoms. The van der Waals surface area contributed by atoms with Crippen LogP contribution in [0.15, 0.2) is 0 Å². The normalized spacial score (nSPS) is 25.0. The van der Waals surface area contributed by atoms with Crippen LogP contribution in [-0.2, 0) is 4.79 Å². The second-order valence-corrected chi connectivity index (χ2v) is 7.03. The van der Waals surface area contributed by atoms with Crippen molar-refractivity contribution in [3.63, 3.8) is 0 Å². The minimum Gasteiger partial charge on any atom is -0.480 e. The summed E-state index contributed by atoms with van der Waals surface area (Å²) in [7, 11) is 0. The smallest absolute Gasteiger partial charge is 0.329 e. The Bertz CT molecular complexity index is 387. The topological polar surface area (TPSA) is 69.6 Å². The molecule has 1 aliphatic carbocycles. The molecule has 0 spiro atoms. The molecule has 1 heterocycles. The second kappa shape index (κ2) is 5.62. The van der Waals surface area contributed by atoms with Crippen molar-refractivity contribution in [3.8, 4) is 0 Å². The highest BCUT2D eigenvalue weighted by Gasteiger charge is 2.43. The van der Waals surface area contributed by atoms with Crippen molar-refractivity contribution in [3.05, 3.63) is 0 Å². The molecule has 1 saturated heterocycles. The van der Waals surface area contributed by atoms with E-state index in [1.54, 1.807) is 4.90 Å². The molecule has 0 atom stereocenters. The summed E-state index contributed by atoms with van der Waals surface area (Å²) in [6.45, 7) is 5.90. The van der Waals surface area contributed by atoms with Gasteiger partial charge in [-0.25, -0.2) is 9.59 Å². The number of rotatable bonds is 2. The number of nitrogens with one attached hydrogen (secondary N) is 1. The summed E-state index contributed by atoms with van der Waals surface area (Å²) < 4.78 is 0. The first-order chi connectivity index (χ1) is 9.35. The summed E-state index contributed by atoms with van der Waals surface area (Å²) in [5, 5.41) is 12.2. The van der Waals surface area contributed by atoms with Gasteiger partial charge in [0.25, 0.3) is 0 Å². The molecule has 0 aromatic heterocycles. The van der Waals surface area contributed by atoms with Gasteiger partial charge in [-0.1, -0.05) is 26.7 Å². The van der Waals surface area contributed by atoms with Crippen molar-refractivity contribution in [2.45, 2.75) is 64.3 Å². The largest absolute Gasteiger partial charge is 0.480 e. The SMILES string of the molecule is CC1(C)CCCN(C(=O)NC2(C(=O)O)CCCC2)CC1. The Labute approximate surface area is 120 Å². The number of likely N-dealkylation sites (tertiary alicyclic amines) is 1. The number of nitrogens with zero attached hydrogens (tertiary/aromatic N) is 1. The van der Waals surface area contributed by atoms with Gasteiger partial charge in [0.05, 0.1) is 0 Å². The molecule has 0 bridgehead atoms. The number of urea groups is 1. The third-order valence-electron chi connectivity index (χ3n) is 4.84. The Hall–Kier alpha value is -1.26. The lowest BCUT2D eigenvalue weighted by Crippen LogP contribution is -2.56. The van der Waals surface area contributed by atoms with Crippen molar-refractivity contribution in [1.29, 1.82) is 0 Å². The van der Waals surface area contributed by atoms with E-state index in [9.17, 15) is 14.7 Å². The molecule has 2 amide bonds. The molecule has 5 nitrogen and oxygen atoms in total. The van der Waals surface area contributed by atoms with Crippen molar-refractivity contribution >= 4 is 12.0 Å². The third kappa shape index (κ3) is 3.25. The van der Waals surface area contributed by atoms with Gasteiger partial charge in [0.2, 0.25) is 0 Å². The van der Waals surface area contributed by atoms with Crippen LogP contribution in [0.2, 0.25) is 0 Å². The van der Waals surface area contributed by atoms with E-state index in [1.807, 2.05) is 0 Å². The van der Waals surface area contributed by atoms with E-state index in [0.29, 0.717) is 19.4 Å². The van der Waals surface area contributed by atoms with E-state index >= 15 is 0 Å². The van der Waals surface area contributed by atoms with Crippen LogP contribution in [0, 0.1) is 5.41 Å². The van der Waals surface area contributed by atoms with Gasteiger partial charge in [0, 0.05) is 13.1 Å². The van der Waals surface area contributed by atoms with Gasteiger partial charge in [0.15, 0.2) is 0 Å². The monoisotopic (exact) mass is 282 g/mol. The fourth-order valence-corrected chi connectivity index (χ4v) is 3.28. The predicted octanol–water partition coefficient (Wildman–Crippen LogP) is 2.61. The Morgan fingerprint density at radius 1 is 1.00 bits per heavy atom. The van der Waals surface area contributed by atoms with Gasteiger partial charge >= 0.3 is 12.0 Å². The Morgan fingerprint density at radius 2 is 1.65 bits per heavy atom. The molecule has 0 radical (unpaired) electrons. The molecule has 2 N–H and O–H groups in total. The number of carboxylic acids is 1. The highest BCUT2D eigenvalue weighted by Crippen LogP contribution is 2.32. The van der Waals surface area contributed by atoms with Crippen molar-refractivity contribution in [2.75, 3.05) is 13.1 Å². The molecule has 2 rings (SSSR count). The number of hydrogen-bond donors (Lipinski definition) is 2. The van der Waals surface area contributed by atoms with E-state index in [0.717, 1.165) is 38.6 Å². The van der Waals surface area contributed by atoms with E-state index in [-0.39, 0.29) is 11.4 Å². The minimum absolute atomic E-state index is 0.202. The zero-order chi connectivity index (χ0) is 14.8. The summed E-state index contributed by atoms with van der Waals surface area (Å²) in [5.74, 6) is -0.890. The molecular formula is C15H26N2O3. The maximum Gasteiger partial charge on any atom is 0.329 e. The van der Waals surface area contributed by atoms with Crippen LogP contribution in [0.1, 0.15) is 58.8 Å². The van der Waals surface area contributed by atoms with E-state index in [1.165, 1.54) is 0 Å². The second-order valence-electron chi connectivity index (χ2n) is 7.03. The molecule has 2 fully saturated rings. The first kappa shape index (κ1) is 15.1. The fraction of sp³-hybridized carbons (Fsp3) is 0.867. The lowest BCUT2D eigenvalue weighted by Gasteiger charge is -2.30. The first-order valence-corrected chi connectivity index (χ1v) is 7.65. The highest BCUT2D eigenvalue weighted by atomic mass is 16.4. The summed E-state index contributed by atoms with van der Waals surface area (Å²) in [4.78, 5) is 25.6. The zero-order valence-electron chi connectivity index (χ0n) is 12.6. The summed E-state index contributed by atoms with van der Waals surface area (Å²) in [5.41, 5.74) is -0.758. The van der Waals surface area contributed by atoms with Crippen molar-refractivity contribution in [2.24, 2.45) is 5.41 Å². The quantitative estimate of drug-likeness (QED) is 0.818. The molecule has 2 aliphatic rings. The van der Waals surface area contributed by atoms with Gasteiger partial charge in [-0.2, -0.15) is 0 Å². The number of aliphatic carboxylic acids is 1. The lowest BCUT2D eigenvalue weighted by atomic mass is 9.85. The predicted molar refractivity (Wildman–Crippen MR) is 76.6 cm³/mol. The van der Waals surface area contributed by atoms with E-state index in [2.05, 4.69) is 19.2 Å². The molecular weight excluding hydrogens is 256 g/mol. The number of carbonyl (C=O) groups is 2. The average molecular weight is 282 g/mol. The molecule has 0 unspecified atom stereocenters. The van der Waals surface area contributed by atoms with Gasteiger partial charge in [0.1, 0.15) is 5.54 Å². The van der Waals surface area contributed by atoms with Crippen molar-refractivity contribution in [1.82, 2.24) is 10.2 Å². The van der Waals surface area contributed by atoms with Gasteiger partial charge in [-0.3, -0.25) is 0 Å². The van der Waals surface area contributed by atoms with Crippen LogP contribution in [0.25, 0.3) is 0 Å². The molecule has 0 aromatic carbocycles. The molecule has 1 saturated carbocycles. The number of carboxylic acid groups (broad SMARTS) is 1. The molecule has 1 aliphatic heterocycles. The maximum absolute atomic E-state index is 12.4. The number of hydrogen-bond acceptors (Lipinski definition) is 2. The Balaban J connectivity index is 1.99. The minimum atomic E-state index is -1.03. The summed E-state index contributed by atoms with van der Waals surface area (Å²) in [6, 6.07) is -0.202. The fourth-order valence-electron chi connectivity index (χ4n) is 3.28. The van der Waals surface area contributed by atoms with Gasteiger partial charge in [-0.15, -0.1) is 0 Å². The number of amides is 2. The van der Waals surface area contributed by atoms with E-state index < -0.39 is 11.5 Å². The van der Waals surface area contributed by atoms with Crippen LogP contribution >= 0.6 is 0 Å². The summed E-state index contributed by atoms with van der Waals surface area (Å²) >= 11 is 0. The van der Waals surface area contributed by atoms with Crippen LogP contribution in [-0.4, -0.2) is 40.6 Å². The first-order valence-electron chi connectivity index (χ1n) is 7.65. The standard InChI is InChI=1S/C15H26N2O3/c1-14(2)6-5-10-17(11-9-14)13(20)16-15(12(18)19)7-3-4-8-15/h3-11H2,1-2H3,(H,16,20)(H,18,19). The number of carbonyl (C=O) groups excluding carboxylic acids is 1. The third-order valence-corrected chi connectivity index (χ3v) is 4.84. The molecule has 0 aromatic rings. The zero-order valence-corrected chi connectivity index (χ0v) is 12.6. The molecule has 114 valence electrons. The summed E-state index contributed by atoms with van der Waals surface area (Å²) in [6.07, 6.45) is 5.92. The van der Waals surface area contributed by atoms with Crippen LogP contribution in [0.3, 0.4) is 0 Å². The average Bonchev–Trinajstić information content (AvgIpc) is 2.75. The molecule has 20 heavy (non-hydrogen) atoms. The lowest BCUT2D eigenvalue weighted by molar-refractivity contribution is -0.144. The Kier molecular flexibility index (Phi) is 4.25. The van der Waals surface area contributed by atoms with E-state index in [4.69, 9.17) is 0 Å². The Morgan fingerprint density at radius 3 is 2.25 bits per heavy atom. The van der Waals surface area contributed by atoms with Gasteiger partial charge in [-0.05, 0) is 37.5 Å². The van der Waals surface area contributed by atoms with Crippen LogP contribution < -0.4 is 5.32 Å². The van der Waals surface area contributed by atoms with Crippen LogP contribution in [0.5, 0.6) is 0 Å². The highest BCUT2D eigenvalue weighted by molar-refractivity contribution is 5.86. The maximum atomic E-state index is 12.4.